The third-order valence-corrected chi connectivity index (χ3v) is 6.66. The SMILES string of the molecule is CC1CCC(CN)(CN2CCSC(C)C2C)CC1. The lowest BCUT2D eigenvalue weighted by atomic mass is 9.70. The largest absolute Gasteiger partial charge is 0.330 e. The van der Waals surface area contributed by atoms with Crippen molar-refractivity contribution in [1.82, 2.24) is 4.90 Å². The standard InChI is InChI=1S/C15H30N2S/c1-12-4-6-15(10-16,7-5-12)11-17-8-9-18-14(3)13(17)2/h12-14H,4-11,16H2,1-3H3. The molecule has 2 aliphatic rings. The molecule has 1 aliphatic heterocycles. The maximum absolute atomic E-state index is 6.15. The smallest absolute Gasteiger partial charge is 0.0184 e. The molecule has 1 heterocycles. The summed E-state index contributed by atoms with van der Waals surface area (Å²) >= 11 is 2.13. The van der Waals surface area contributed by atoms with Gasteiger partial charge in [0, 0.05) is 30.1 Å². The van der Waals surface area contributed by atoms with Crippen molar-refractivity contribution in [3.05, 3.63) is 0 Å². The number of hydrogen-bond acceptors (Lipinski definition) is 3. The number of rotatable bonds is 3. The van der Waals surface area contributed by atoms with Crippen LogP contribution in [0.25, 0.3) is 0 Å². The van der Waals surface area contributed by atoms with Crippen LogP contribution in [0.15, 0.2) is 0 Å². The zero-order chi connectivity index (χ0) is 13.2. The Morgan fingerprint density at radius 1 is 1.22 bits per heavy atom. The lowest BCUT2D eigenvalue weighted by Gasteiger charge is -2.46. The summed E-state index contributed by atoms with van der Waals surface area (Å²) in [6.07, 6.45) is 5.44. The number of thioether (sulfide) groups is 1. The summed E-state index contributed by atoms with van der Waals surface area (Å²) in [5.74, 6) is 2.21. The highest BCUT2D eigenvalue weighted by atomic mass is 32.2. The molecule has 106 valence electrons. The van der Waals surface area contributed by atoms with Crippen LogP contribution < -0.4 is 5.73 Å². The summed E-state index contributed by atoms with van der Waals surface area (Å²) in [6.45, 7) is 10.5. The van der Waals surface area contributed by atoms with Crippen LogP contribution in [0, 0.1) is 11.3 Å². The van der Waals surface area contributed by atoms with E-state index in [1.807, 2.05) is 0 Å². The van der Waals surface area contributed by atoms with Crippen LogP contribution in [-0.2, 0) is 0 Å². The molecule has 0 aromatic rings. The van der Waals surface area contributed by atoms with Gasteiger partial charge in [-0.15, -0.1) is 0 Å². The summed E-state index contributed by atoms with van der Waals surface area (Å²) < 4.78 is 0. The lowest BCUT2D eigenvalue weighted by Crippen LogP contribution is -2.52. The Morgan fingerprint density at radius 2 is 1.89 bits per heavy atom. The molecule has 0 bridgehead atoms. The average molecular weight is 270 g/mol. The summed E-state index contributed by atoms with van der Waals surface area (Å²) in [5.41, 5.74) is 6.57. The minimum Gasteiger partial charge on any atom is -0.330 e. The van der Waals surface area contributed by atoms with Gasteiger partial charge in [0.15, 0.2) is 0 Å². The average Bonchev–Trinajstić information content (AvgIpc) is 2.38. The Labute approximate surface area is 117 Å². The molecular weight excluding hydrogens is 240 g/mol. The Balaban J connectivity index is 1.97. The zero-order valence-corrected chi connectivity index (χ0v) is 13.1. The second kappa shape index (κ2) is 6.15. The van der Waals surface area contributed by atoms with E-state index >= 15 is 0 Å². The van der Waals surface area contributed by atoms with Gasteiger partial charge in [-0.3, -0.25) is 4.90 Å². The monoisotopic (exact) mass is 270 g/mol. The third kappa shape index (κ3) is 3.23. The molecule has 2 N–H and O–H groups in total. The first-order chi connectivity index (χ1) is 8.56. The van der Waals surface area contributed by atoms with E-state index in [2.05, 4.69) is 37.4 Å². The van der Waals surface area contributed by atoms with E-state index in [9.17, 15) is 0 Å². The molecule has 2 rings (SSSR count). The molecule has 0 radical (unpaired) electrons. The fraction of sp³-hybridized carbons (Fsp3) is 1.00. The Bertz CT molecular complexity index is 261. The van der Waals surface area contributed by atoms with Gasteiger partial charge in [0.2, 0.25) is 0 Å². The van der Waals surface area contributed by atoms with Crippen LogP contribution >= 0.6 is 11.8 Å². The molecule has 0 aromatic carbocycles. The molecule has 1 saturated carbocycles. The highest BCUT2D eigenvalue weighted by Gasteiger charge is 2.37. The molecule has 2 atom stereocenters. The fourth-order valence-electron chi connectivity index (χ4n) is 3.45. The second-order valence-electron chi connectivity index (χ2n) is 6.67. The van der Waals surface area contributed by atoms with E-state index in [1.54, 1.807) is 0 Å². The van der Waals surface area contributed by atoms with Crippen LogP contribution in [0.4, 0.5) is 0 Å². The highest BCUT2D eigenvalue weighted by molar-refractivity contribution is 8.00. The van der Waals surface area contributed by atoms with Gasteiger partial charge in [-0.2, -0.15) is 11.8 Å². The first kappa shape index (κ1) is 14.7. The minimum absolute atomic E-state index is 0.419. The van der Waals surface area contributed by atoms with Crippen molar-refractivity contribution in [2.75, 3.05) is 25.4 Å². The molecule has 2 unspecified atom stereocenters. The van der Waals surface area contributed by atoms with Crippen molar-refractivity contribution in [3.8, 4) is 0 Å². The van der Waals surface area contributed by atoms with Crippen LogP contribution in [0.1, 0.15) is 46.5 Å². The first-order valence-corrected chi connectivity index (χ1v) is 8.67. The third-order valence-electron chi connectivity index (χ3n) is 5.32. The molecule has 1 aliphatic carbocycles. The summed E-state index contributed by atoms with van der Waals surface area (Å²) in [7, 11) is 0. The van der Waals surface area contributed by atoms with Crippen LogP contribution in [0.3, 0.4) is 0 Å². The van der Waals surface area contributed by atoms with Crippen molar-refractivity contribution in [2.24, 2.45) is 17.1 Å². The predicted molar refractivity (Wildman–Crippen MR) is 82.1 cm³/mol. The van der Waals surface area contributed by atoms with Gasteiger partial charge >= 0.3 is 0 Å². The lowest BCUT2D eigenvalue weighted by molar-refractivity contribution is 0.0754. The van der Waals surface area contributed by atoms with Gasteiger partial charge in [-0.25, -0.2) is 0 Å². The normalized spacial score (nSPS) is 43.0. The Morgan fingerprint density at radius 3 is 2.50 bits per heavy atom. The van der Waals surface area contributed by atoms with E-state index in [1.165, 1.54) is 44.5 Å². The van der Waals surface area contributed by atoms with Gasteiger partial charge in [0.1, 0.15) is 0 Å². The molecule has 0 spiro atoms. The Hall–Kier alpha value is 0.270. The van der Waals surface area contributed by atoms with E-state index < -0.39 is 0 Å². The quantitative estimate of drug-likeness (QED) is 0.855. The highest BCUT2D eigenvalue weighted by Crippen LogP contribution is 2.40. The first-order valence-electron chi connectivity index (χ1n) is 7.62. The number of nitrogens with two attached hydrogens (primary N) is 1. The zero-order valence-electron chi connectivity index (χ0n) is 12.3. The molecule has 2 fully saturated rings. The van der Waals surface area contributed by atoms with Crippen LogP contribution in [0.5, 0.6) is 0 Å². The van der Waals surface area contributed by atoms with E-state index in [0.717, 1.165) is 17.7 Å². The van der Waals surface area contributed by atoms with Gasteiger partial charge < -0.3 is 5.73 Å². The molecular formula is C15H30N2S. The van der Waals surface area contributed by atoms with Crippen molar-refractivity contribution in [2.45, 2.75) is 57.7 Å². The van der Waals surface area contributed by atoms with E-state index in [4.69, 9.17) is 5.73 Å². The van der Waals surface area contributed by atoms with Gasteiger partial charge in [0.05, 0.1) is 0 Å². The maximum atomic E-state index is 6.15. The Kier molecular flexibility index (Phi) is 5.01. The van der Waals surface area contributed by atoms with Crippen molar-refractivity contribution in [1.29, 1.82) is 0 Å². The van der Waals surface area contributed by atoms with E-state index in [0.29, 0.717) is 11.5 Å². The van der Waals surface area contributed by atoms with Gasteiger partial charge in [-0.05, 0) is 37.6 Å². The van der Waals surface area contributed by atoms with Crippen molar-refractivity contribution < 1.29 is 0 Å². The molecule has 3 heteroatoms. The summed E-state index contributed by atoms with van der Waals surface area (Å²) in [5, 5.41) is 0.774. The molecule has 18 heavy (non-hydrogen) atoms. The van der Waals surface area contributed by atoms with Crippen LogP contribution in [0.2, 0.25) is 0 Å². The van der Waals surface area contributed by atoms with Gasteiger partial charge in [-0.1, -0.05) is 26.7 Å². The summed E-state index contributed by atoms with van der Waals surface area (Å²) in [4.78, 5) is 2.71. The molecule has 0 aromatic heterocycles. The van der Waals surface area contributed by atoms with E-state index in [-0.39, 0.29) is 0 Å². The van der Waals surface area contributed by atoms with Crippen LogP contribution in [-0.4, -0.2) is 41.6 Å². The number of hydrogen-bond donors (Lipinski definition) is 1. The van der Waals surface area contributed by atoms with Crippen molar-refractivity contribution in [3.63, 3.8) is 0 Å². The minimum atomic E-state index is 0.419. The molecule has 1 saturated heterocycles. The van der Waals surface area contributed by atoms with Crippen molar-refractivity contribution >= 4 is 11.8 Å². The fourth-order valence-corrected chi connectivity index (χ4v) is 4.61. The summed E-state index contributed by atoms with van der Waals surface area (Å²) in [6, 6.07) is 0.714. The maximum Gasteiger partial charge on any atom is 0.0184 e. The second-order valence-corrected chi connectivity index (χ2v) is 8.16. The topological polar surface area (TPSA) is 29.3 Å². The number of nitrogens with zero attached hydrogens (tertiary/aromatic N) is 1. The molecule has 2 nitrogen and oxygen atoms in total. The predicted octanol–water partition coefficient (Wildman–Crippen LogP) is 2.97. The molecule has 0 amide bonds. The van der Waals surface area contributed by atoms with Gasteiger partial charge in [0.25, 0.3) is 0 Å².